The van der Waals surface area contributed by atoms with Gasteiger partial charge in [-0.1, -0.05) is 12.2 Å². The Hall–Kier alpha value is -3.36. The van der Waals surface area contributed by atoms with Gasteiger partial charge in [-0.05, 0) is 18.9 Å². The summed E-state index contributed by atoms with van der Waals surface area (Å²) in [6, 6.07) is 3.03. The van der Waals surface area contributed by atoms with Crippen LogP contribution in [0.4, 0.5) is 11.8 Å². The molecule has 9 nitrogen and oxygen atoms in total. The van der Waals surface area contributed by atoms with Crippen LogP contribution in [0.5, 0.6) is 0 Å². The molecular weight excluding hydrogens is 298 g/mol. The van der Waals surface area contributed by atoms with Gasteiger partial charge in [0.1, 0.15) is 11.3 Å². The Morgan fingerprint density at radius 2 is 2.17 bits per heavy atom. The van der Waals surface area contributed by atoms with E-state index in [0.717, 1.165) is 28.9 Å². The fourth-order valence-electron chi connectivity index (χ4n) is 2.40. The second-order valence-electron chi connectivity index (χ2n) is 4.91. The van der Waals surface area contributed by atoms with Crippen LogP contribution < -0.4 is 16.0 Å². The zero-order valence-corrected chi connectivity index (χ0v) is 11.9. The highest BCUT2D eigenvalue weighted by Gasteiger charge is 2.07. The van der Waals surface area contributed by atoms with Crippen molar-refractivity contribution in [3.05, 3.63) is 33.4 Å². The number of hydrazone groups is 1. The van der Waals surface area contributed by atoms with E-state index in [1.54, 1.807) is 6.07 Å². The van der Waals surface area contributed by atoms with Crippen LogP contribution in [0.2, 0.25) is 0 Å². The summed E-state index contributed by atoms with van der Waals surface area (Å²) < 4.78 is 5.06. The monoisotopic (exact) mass is 309 g/mol. The van der Waals surface area contributed by atoms with Gasteiger partial charge in [-0.3, -0.25) is 0 Å². The zero-order valence-electron chi connectivity index (χ0n) is 11.9. The molecule has 0 saturated carbocycles. The molecule has 2 N–H and O–H groups in total. The van der Waals surface area contributed by atoms with Gasteiger partial charge in [0, 0.05) is 21.8 Å². The quantitative estimate of drug-likeness (QED) is 0.423. The first-order valence-corrected chi connectivity index (χ1v) is 6.98. The highest BCUT2D eigenvalue weighted by molar-refractivity contribution is 5.77. The van der Waals surface area contributed by atoms with Gasteiger partial charge in [0.25, 0.3) is 11.8 Å². The van der Waals surface area contributed by atoms with Crippen LogP contribution in [0.25, 0.3) is 23.3 Å². The fourth-order valence-corrected chi connectivity index (χ4v) is 2.40. The Morgan fingerprint density at radius 3 is 3.04 bits per heavy atom. The van der Waals surface area contributed by atoms with Gasteiger partial charge in [0.2, 0.25) is 0 Å². The summed E-state index contributed by atoms with van der Waals surface area (Å²) in [5, 5.41) is 16.9. The number of aromatic amines is 1. The van der Waals surface area contributed by atoms with Crippen molar-refractivity contribution in [1.29, 1.82) is 0 Å². The van der Waals surface area contributed by atoms with E-state index in [1.807, 2.05) is 0 Å². The largest absolute Gasteiger partial charge is 0.435 e. The van der Waals surface area contributed by atoms with E-state index in [-0.39, 0.29) is 11.8 Å². The van der Waals surface area contributed by atoms with Crippen LogP contribution in [0.15, 0.2) is 26.8 Å². The van der Waals surface area contributed by atoms with Crippen molar-refractivity contribution in [3.8, 4) is 0 Å². The van der Waals surface area contributed by atoms with Crippen LogP contribution in [0.3, 0.4) is 0 Å². The summed E-state index contributed by atoms with van der Waals surface area (Å²) in [5.41, 5.74) is 4.07. The molecule has 0 amide bonds. The highest BCUT2D eigenvalue weighted by atomic mass is 16.4. The highest BCUT2D eigenvalue weighted by Crippen LogP contribution is 2.14. The lowest BCUT2D eigenvalue weighted by Crippen LogP contribution is -2.25. The maximum Gasteiger partial charge on any atom is 0.265 e. The number of anilines is 1. The summed E-state index contributed by atoms with van der Waals surface area (Å²) in [5.74, 6) is 0.642. The van der Waals surface area contributed by atoms with Gasteiger partial charge in [0.15, 0.2) is 5.65 Å². The number of aromatic nitrogens is 4. The average Bonchev–Trinajstić information content (AvgIpc) is 3.18. The predicted octanol–water partition coefficient (Wildman–Crippen LogP) is 1.14. The lowest BCUT2D eigenvalue weighted by Gasteiger charge is -1.96. The minimum atomic E-state index is -0.00440. The molecule has 4 rings (SSSR count). The summed E-state index contributed by atoms with van der Waals surface area (Å²) in [7, 11) is 0. The molecule has 3 heterocycles. The summed E-state index contributed by atoms with van der Waals surface area (Å²) >= 11 is 0. The third kappa shape index (κ3) is 2.48. The SMILES string of the molecule is O=Nc1ccc(/C=N/Nc2nnc3c4c([nH]c3n2)=CCCC=4)o1. The van der Waals surface area contributed by atoms with Crippen molar-refractivity contribution >= 4 is 41.4 Å². The van der Waals surface area contributed by atoms with E-state index < -0.39 is 0 Å². The molecule has 0 bridgehead atoms. The molecule has 0 fully saturated rings. The molecule has 3 aromatic rings. The van der Waals surface area contributed by atoms with E-state index in [2.05, 4.69) is 48.0 Å². The first kappa shape index (κ1) is 13.3. The number of fused-ring (bicyclic) bond motifs is 3. The molecule has 0 spiro atoms. The van der Waals surface area contributed by atoms with Crippen molar-refractivity contribution in [1.82, 2.24) is 20.2 Å². The maximum atomic E-state index is 10.3. The molecule has 0 aliphatic heterocycles. The van der Waals surface area contributed by atoms with E-state index >= 15 is 0 Å². The Morgan fingerprint density at radius 1 is 1.26 bits per heavy atom. The molecule has 9 heteroatoms. The topological polar surface area (TPSA) is 121 Å². The Bertz CT molecular complexity index is 1030. The number of nitrogens with zero attached hydrogens (tertiary/aromatic N) is 5. The van der Waals surface area contributed by atoms with E-state index in [4.69, 9.17) is 4.42 Å². The van der Waals surface area contributed by atoms with Crippen LogP contribution in [-0.4, -0.2) is 26.4 Å². The van der Waals surface area contributed by atoms with Crippen molar-refractivity contribution < 1.29 is 4.42 Å². The number of nitrogens with one attached hydrogen (secondary N) is 2. The van der Waals surface area contributed by atoms with Crippen LogP contribution >= 0.6 is 0 Å². The normalized spacial score (nSPS) is 13.6. The Labute approximate surface area is 128 Å². The lowest BCUT2D eigenvalue weighted by atomic mass is 10.2. The average molecular weight is 309 g/mol. The Balaban J connectivity index is 1.59. The smallest absolute Gasteiger partial charge is 0.265 e. The molecule has 0 saturated heterocycles. The second kappa shape index (κ2) is 5.44. The van der Waals surface area contributed by atoms with Crippen molar-refractivity contribution in [3.63, 3.8) is 0 Å². The van der Waals surface area contributed by atoms with Gasteiger partial charge >= 0.3 is 0 Å². The fraction of sp³-hybridized carbons (Fsp3) is 0.143. The van der Waals surface area contributed by atoms with Gasteiger partial charge in [-0.2, -0.15) is 10.1 Å². The predicted molar refractivity (Wildman–Crippen MR) is 84.5 cm³/mol. The number of nitroso groups, excluding NO2 is 1. The molecule has 0 aromatic carbocycles. The Kier molecular flexibility index (Phi) is 3.15. The molecule has 0 atom stereocenters. The van der Waals surface area contributed by atoms with Crippen LogP contribution in [0.1, 0.15) is 18.6 Å². The molecule has 1 aliphatic rings. The van der Waals surface area contributed by atoms with Crippen LogP contribution in [-0.2, 0) is 0 Å². The van der Waals surface area contributed by atoms with Crippen molar-refractivity contribution in [2.75, 3.05) is 5.43 Å². The van der Waals surface area contributed by atoms with Crippen LogP contribution in [0, 0.1) is 4.91 Å². The number of H-pyrrole nitrogens is 1. The molecule has 23 heavy (non-hydrogen) atoms. The molecule has 0 unspecified atom stereocenters. The van der Waals surface area contributed by atoms with E-state index in [9.17, 15) is 4.91 Å². The lowest BCUT2D eigenvalue weighted by molar-refractivity contribution is 0.570. The minimum Gasteiger partial charge on any atom is -0.435 e. The number of rotatable bonds is 4. The zero-order chi connectivity index (χ0) is 15.6. The minimum absolute atomic E-state index is 0.00440. The summed E-state index contributed by atoms with van der Waals surface area (Å²) in [6.07, 6.45) is 7.64. The molecule has 1 aliphatic carbocycles. The third-order valence-corrected chi connectivity index (χ3v) is 3.41. The second-order valence-corrected chi connectivity index (χ2v) is 4.91. The number of hydrogen-bond acceptors (Lipinski definition) is 8. The van der Waals surface area contributed by atoms with Crippen molar-refractivity contribution in [2.24, 2.45) is 10.3 Å². The molecular formula is C14H11N7O2. The molecule has 3 aromatic heterocycles. The van der Waals surface area contributed by atoms with Gasteiger partial charge in [-0.15, -0.1) is 15.1 Å². The third-order valence-electron chi connectivity index (χ3n) is 3.41. The van der Waals surface area contributed by atoms with E-state index in [0.29, 0.717) is 11.4 Å². The van der Waals surface area contributed by atoms with Gasteiger partial charge < -0.3 is 9.40 Å². The summed E-state index contributed by atoms with van der Waals surface area (Å²) in [6.45, 7) is 0. The standard InChI is InChI=1S/C14H11N7O2/c22-21-11-6-5-8(23-11)7-15-19-14-17-13-12(18-20-14)9-3-1-2-4-10(9)16-13/h3-7H,1-2H2,(H2,16,17,19,20)/b15-7+. The van der Waals surface area contributed by atoms with Gasteiger partial charge in [-0.25, -0.2) is 5.43 Å². The van der Waals surface area contributed by atoms with E-state index in [1.165, 1.54) is 12.3 Å². The molecule has 114 valence electrons. The molecule has 0 radical (unpaired) electrons. The number of hydrogen-bond donors (Lipinski definition) is 2. The first-order valence-electron chi connectivity index (χ1n) is 6.98. The van der Waals surface area contributed by atoms with Gasteiger partial charge in [0.05, 0.1) is 6.21 Å². The maximum absolute atomic E-state index is 10.3. The van der Waals surface area contributed by atoms with Crippen molar-refractivity contribution in [2.45, 2.75) is 12.8 Å². The summed E-state index contributed by atoms with van der Waals surface area (Å²) in [4.78, 5) is 17.8. The first-order chi connectivity index (χ1) is 11.3. The number of furan rings is 1.